The van der Waals surface area contributed by atoms with Crippen LogP contribution in [0.4, 0.5) is 0 Å². The van der Waals surface area contributed by atoms with Crippen LogP contribution < -0.4 is 5.32 Å². The Bertz CT molecular complexity index is 1030. The Labute approximate surface area is 150 Å². The van der Waals surface area contributed by atoms with Gasteiger partial charge in [-0.15, -0.1) is 0 Å². The molecule has 2 N–H and O–H groups in total. The van der Waals surface area contributed by atoms with Crippen LogP contribution >= 0.6 is 0 Å². The highest BCUT2D eigenvalue weighted by Crippen LogP contribution is 2.27. The van der Waals surface area contributed by atoms with Crippen LogP contribution in [-0.4, -0.2) is 21.1 Å². The number of aromatic nitrogens is 3. The zero-order chi connectivity index (χ0) is 17.9. The zero-order valence-corrected chi connectivity index (χ0v) is 14.3. The molecule has 0 spiro atoms. The van der Waals surface area contributed by atoms with E-state index in [1.54, 1.807) is 12.3 Å². The average molecular weight is 346 g/mol. The van der Waals surface area contributed by atoms with Gasteiger partial charge in [-0.3, -0.25) is 9.89 Å². The molecule has 0 aliphatic heterocycles. The molecule has 130 valence electrons. The molecule has 0 aliphatic rings. The zero-order valence-electron chi connectivity index (χ0n) is 14.3. The maximum Gasteiger partial charge on any atom is 0.253 e. The molecule has 6 heteroatoms. The van der Waals surface area contributed by atoms with Gasteiger partial charge in [0, 0.05) is 11.9 Å². The third-order valence-corrected chi connectivity index (χ3v) is 4.39. The summed E-state index contributed by atoms with van der Waals surface area (Å²) in [4.78, 5) is 16.6. The Kier molecular flexibility index (Phi) is 4.23. The summed E-state index contributed by atoms with van der Waals surface area (Å²) >= 11 is 0. The van der Waals surface area contributed by atoms with Gasteiger partial charge in [0.05, 0.1) is 17.3 Å². The predicted octanol–water partition coefficient (Wildman–Crippen LogP) is 3.71. The number of rotatable bonds is 5. The molecular formula is C20H18N4O2. The number of hydrogen-bond donors (Lipinski definition) is 2. The lowest BCUT2D eigenvalue weighted by Gasteiger charge is -2.07. The minimum absolute atomic E-state index is 0.150. The van der Waals surface area contributed by atoms with Crippen molar-refractivity contribution >= 4 is 16.8 Å². The Morgan fingerprint density at radius 2 is 1.96 bits per heavy atom. The van der Waals surface area contributed by atoms with E-state index < -0.39 is 0 Å². The third kappa shape index (κ3) is 2.97. The highest BCUT2D eigenvalue weighted by Gasteiger charge is 2.16. The number of amides is 1. The second-order valence-corrected chi connectivity index (χ2v) is 6.02. The standard InChI is InChI=1S/C20H18N4O2/c1-2-13-6-8-14(9-7-13)10-22-20(25)16-5-3-4-15-18(16)23-24-19(15)17-11-21-12-26-17/h3-9,11-12H,2,10H2,1H3,(H,22,25)(H,23,24). The number of para-hydroxylation sites is 1. The van der Waals surface area contributed by atoms with Gasteiger partial charge in [0.2, 0.25) is 0 Å². The fraction of sp³-hybridized carbons (Fsp3) is 0.150. The van der Waals surface area contributed by atoms with E-state index in [1.807, 2.05) is 24.3 Å². The van der Waals surface area contributed by atoms with E-state index in [0.717, 1.165) is 17.4 Å². The van der Waals surface area contributed by atoms with Crippen molar-refractivity contribution in [1.29, 1.82) is 0 Å². The van der Waals surface area contributed by atoms with Crippen LogP contribution in [0.3, 0.4) is 0 Å². The highest BCUT2D eigenvalue weighted by atomic mass is 16.3. The van der Waals surface area contributed by atoms with Gasteiger partial charge < -0.3 is 9.73 Å². The molecule has 6 nitrogen and oxygen atoms in total. The van der Waals surface area contributed by atoms with Crippen molar-refractivity contribution in [2.75, 3.05) is 0 Å². The molecule has 0 fully saturated rings. The average Bonchev–Trinajstić information content (AvgIpc) is 3.35. The van der Waals surface area contributed by atoms with Crippen molar-refractivity contribution in [3.63, 3.8) is 0 Å². The van der Waals surface area contributed by atoms with Gasteiger partial charge >= 0.3 is 0 Å². The summed E-state index contributed by atoms with van der Waals surface area (Å²) in [5.41, 5.74) is 4.21. The summed E-state index contributed by atoms with van der Waals surface area (Å²) in [6.45, 7) is 2.59. The molecule has 0 unspecified atom stereocenters. The van der Waals surface area contributed by atoms with E-state index in [2.05, 4.69) is 39.6 Å². The first-order valence-corrected chi connectivity index (χ1v) is 8.48. The van der Waals surface area contributed by atoms with Gasteiger partial charge in [0.25, 0.3) is 5.91 Å². The van der Waals surface area contributed by atoms with Gasteiger partial charge in [-0.1, -0.05) is 43.3 Å². The van der Waals surface area contributed by atoms with Crippen LogP contribution in [0.25, 0.3) is 22.4 Å². The lowest BCUT2D eigenvalue weighted by Crippen LogP contribution is -2.23. The topological polar surface area (TPSA) is 83.8 Å². The predicted molar refractivity (Wildman–Crippen MR) is 98.6 cm³/mol. The van der Waals surface area contributed by atoms with Crippen LogP contribution in [-0.2, 0) is 13.0 Å². The fourth-order valence-electron chi connectivity index (χ4n) is 2.92. The second kappa shape index (κ2) is 6.84. The van der Waals surface area contributed by atoms with Crippen LogP contribution in [0.15, 0.2) is 59.5 Å². The summed E-state index contributed by atoms with van der Waals surface area (Å²) in [6.07, 6.45) is 3.96. The number of aromatic amines is 1. The quantitative estimate of drug-likeness (QED) is 0.577. The number of fused-ring (bicyclic) bond motifs is 1. The van der Waals surface area contributed by atoms with Crippen LogP contribution in [0, 0.1) is 0 Å². The molecule has 26 heavy (non-hydrogen) atoms. The maximum atomic E-state index is 12.7. The number of hydrogen-bond acceptors (Lipinski definition) is 4. The molecular weight excluding hydrogens is 328 g/mol. The number of carbonyl (C=O) groups is 1. The molecule has 4 aromatic rings. The van der Waals surface area contributed by atoms with Gasteiger partial charge in [-0.05, 0) is 23.6 Å². The molecule has 0 aliphatic carbocycles. The van der Waals surface area contributed by atoms with Gasteiger partial charge in [0.15, 0.2) is 12.2 Å². The second-order valence-electron chi connectivity index (χ2n) is 6.02. The summed E-state index contributed by atoms with van der Waals surface area (Å²) in [5.74, 6) is 0.410. The molecule has 0 atom stereocenters. The SMILES string of the molecule is CCc1ccc(CNC(=O)c2cccc3c(-c4cnco4)n[nH]c23)cc1. The van der Waals surface area contributed by atoms with Crippen LogP contribution in [0.2, 0.25) is 0 Å². The van der Waals surface area contributed by atoms with E-state index in [1.165, 1.54) is 12.0 Å². The largest absolute Gasteiger partial charge is 0.442 e. The summed E-state index contributed by atoms with van der Waals surface area (Å²) < 4.78 is 5.32. The van der Waals surface area contributed by atoms with Crippen molar-refractivity contribution in [1.82, 2.24) is 20.5 Å². The lowest BCUT2D eigenvalue weighted by molar-refractivity contribution is 0.0952. The monoisotopic (exact) mass is 346 g/mol. The van der Waals surface area contributed by atoms with E-state index >= 15 is 0 Å². The van der Waals surface area contributed by atoms with Crippen LogP contribution in [0.5, 0.6) is 0 Å². The van der Waals surface area contributed by atoms with E-state index in [4.69, 9.17) is 4.42 Å². The number of H-pyrrole nitrogens is 1. The molecule has 0 saturated heterocycles. The Balaban J connectivity index is 1.57. The Morgan fingerprint density at radius 3 is 2.69 bits per heavy atom. The minimum Gasteiger partial charge on any atom is -0.442 e. The Hall–Kier alpha value is -3.41. The minimum atomic E-state index is -0.150. The number of oxazole rings is 1. The first-order valence-electron chi connectivity index (χ1n) is 8.48. The van der Waals surface area contributed by atoms with Gasteiger partial charge in [0.1, 0.15) is 5.69 Å². The highest BCUT2D eigenvalue weighted by molar-refractivity contribution is 6.08. The molecule has 2 heterocycles. The smallest absolute Gasteiger partial charge is 0.253 e. The number of nitrogens with one attached hydrogen (secondary N) is 2. The third-order valence-electron chi connectivity index (χ3n) is 4.39. The molecule has 2 aromatic carbocycles. The number of nitrogens with zero attached hydrogens (tertiary/aromatic N) is 2. The first kappa shape index (κ1) is 16.1. The van der Waals surface area contributed by atoms with Crippen molar-refractivity contribution in [3.8, 4) is 11.5 Å². The lowest BCUT2D eigenvalue weighted by atomic mass is 10.1. The maximum absolute atomic E-state index is 12.7. The summed E-state index contributed by atoms with van der Waals surface area (Å²) in [5, 5.41) is 11.0. The summed E-state index contributed by atoms with van der Waals surface area (Å²) in [7, 11) is 0. The van der Waals surface area contributed by atoms with Crippen molar-refractivity contribution in [3.05, 3.63) is 71.7 Å². The molecule has 0 radical (unpaired) electrons. The van der Waals surface area contributed by atoms with E-state index in [0.29, 0.717) is 29.1 Å². The van der Waals surface area contributed by atoms with Gasteiger partial charge in [-0.2, -0.15) is 5.10 Å². The number of aryl methyl sites for hydroxylation is 1. The van der Waals surface area contributed by atoms with Crippen molar-refractivity contribution in [2.24, 2.45) is 0 Å². The van der Waals surface area contributed by atoms with Crippen LogP contribution in [0.1, 0.15) is 28.4 Å². The van der Waals surface area contributed by atoms with Gasteiger partial charge in [-0.25, -0.2) is 4.98 Å². The molecule has 4 rings (SSSR count). The number of benzene rings is 2. The fourth-order valence-corrected chi connectivity index (χ4v) is 2.92. The first-order chi connectivity index (χ1) is 12.8. The molecule has 0 saturated carbocycles. The molecule has 1 amide bonds. The normalized spacial score (nSPS) is 11.0. The molecule has 0 bridgehead atoms. The van der Waals surface area contributed by atoms with Crippen molar-refractivity contribution < 1.29 is 9.21 Å². The number of carbonyl (C=O) groups excluding carboxylic acids is 1. The summed E-state index contributed by atoms with van der Waals surface area (Å²) in [6, 6.07) is 13.8. The van der Waals surface area contributed by atoms with Crippen molar-refractivity contribution in [2.45, 2.75) is 19.9 Å². The molecule has 2 aromatic heterocycles. The van der Waals surface area contributed by atoms with E-state index in [-0.39, 0.29) is 5.91 Å². The Morgan fingerprint density at radius 1 is 1.15 bits per heavy atom. The van der Waals surface area contributed by atoms with E-state index in [9.17, 15) is 4.79 Å².